The normalized spacial score (nSPS) is 32.6. The van der Waals surface area contributed by atoms with Gasteiger partial charge in [-0.15, -0.1) is 11.8 Å². The fourth-order valence-corrected chi connectivity index (χ4v) is 5.86. The Kier molecular flexibility index (Phi) is 5.72. The predicted octanol–water partition coefficient (Wildman–Crippen LogP) is -0.554. The molecular weight excluding hydrogens is 384 g/mol. The van der Waals surface area contributed by atoms with E-state index in [-0.39, 0.29) is 46.8 Å². The van der Waals surface area contributed by atoms with Gasteiger partial charge in [0.25, 0.3) is 0 Å². The highest BCUT2D eigenvalue weighted by atomic mass is 32.2. The number of hydrogen-bond acceptors (Lipinski definition) is 6. The molecule has 0 aromatic carbocycles. The number of carboxylic acid groups (broad SMARTS) is 1. The summed E-state index contributed by atoms with van der Waals surface area (Å²) in [6.45, 7) is 4.28. The van der Waals surface area contributed by atoms with Gasteiger partial charge in [-0.25, -0.2) is 4.79 Å². The van der Waals surface area contributed by atoms with Crippen molar-refractivity contribution in [1.29, 1.82) is 0 Å². The molecule has 154 valence electrons. The molecule has 28 heavy (non-hydrogen) atoms. The van der Waals surface area contributed by atoms with Crippen LogP contribution >= 0.6 is 11.8 Å². The number of β-lactam (4-membered cyclic amide) rings is 1. The zero-order chi connectivity index (χ0) is 20.7. The number of nitrogens with zero attached hydrogens (tertiary/aromatic N) is 2. The maximum absolute atomic E-state index is 12.6. The maximum Gasteiger partial charge on any atom is 0.353 e. The molecule has 0 spiro atoms. The number of nitrogens with one attached hydrogen (secondary N) is 2. The van der Waals surface area contributed by atoms with E-state index >= 15 is 0 Å². The second-order valence-electron chi connectivity index (χ2n) is 7.77. The van der Waals surface area contributed by atoms with Gasteiger partial charge in [-0.1, -0.05) is 6.92 Å². The Morgan fingerprint density at radius 3 is 2.68 bits per heavy atom. The lowest BCUT2D eigenvalue weighted by Gasteiger charge is -2.47. The van der Waals surface area contributed by atoms with Crippen LogP contribution in [0.5, 0.6) is 0 Å². The molecule has 0 saturated carbocycles. The molecule has 0 radical (unpaired) electrons. The Balaban J connectivity index is 1.78. The summed E-state index contributed by atoms with van der Waals surface area (Å²) in [4.78, 5) is 51.0. The van der Waals surface area contributed by atoms with Gasteiger partial charge in [-0.3, -0.25) is 14.4 Å². The fraction of sp³-hybridized carbons (Fsp3) is 0.667. The van der Waals surface area contributed by atoms with Gasteiger partial charge >= 0.3 is 5.97 Å². The van der Waals surface area contributed by atoms with Crippen LogP contribution in [0.25, 0.3) is 0 Å². The lowest BCUT2D eigenvalue weighted by Crippen LogP contribution is -2.65. The summed E-state index contributed by atoms with van der Waals surface area (Å²) in [7, 11) is 3.42. The zero-order valence-electron chi connectivity index (χ0n) is 16.3. The number of aliphatic carboxylic acids is 1. The van der Waals surface area contributed by atoms with Crippen LogP contribution in [0.3, 0.4) is 0 Å². The molecule has 9 nitrogen and oxygen atoms in total. The van der Waals surface area contributed by atoms with Gasteiger partial charge in [0.2, 0.25) is 18.2 Å². The summed E-state index contributed by atoms with van der Waals surface area (Å²) in [5.41, 5.74) is 0.0458. The Hall–Kier alpha value is -2.07. The van der Waals surface area contributed by atoms with Crippen LogP contribution < -0.4 is 10.6 Å². The van der Waals surface area contributed by atoms with E-state index in [2.05, 4.69) is 10.6 Å². The molecule has 3 N–H and O–H groups in total. The highest BCUT2D eigenvalue weighted by Gasteiger charge is 2.60. The summed E-state index contributed by atoms with van der Waals surface area (Å²) >= 11 is 1.45. The highest BCUT2D eigenvalue weighted by Crippen LogP contribution is 2.51. The first-order chi connectivity index (χ1) is 13.2. The van der Waals surface area contributed by atoms with Gasteiger partial charge in [0.05, 0.1) is 18.0 Å². The van der Waals surface area contributed by atoms with E-state index in [1.54, 1.807) is 25.9 Å². The Morgan fingerprint density at radius 1 is 1.43 bits per heavy atom. The van der Waals surface area contributed by atoms with Crippen LogP contribution in [0, 0.1) is 11.8 Å². The molecule has 2 saturated heterocycles. The third-order valence-electron chi connectivity index (χ3n) is 5.78. The van der Waals surface area contributed by atoms with Crippen LogP contribution in [0.15, 0.2) is 10.6 Å². The highest BCUT2D eigenvalue weighted by molar-refractivity contribution is 8.03. The third kappa shape index (κ3) is 3.28. The summed E-state index contributed by atoms with van der Waals surface area (Å²) in [6, 6.07) is -0.901. The van der Waals surface area contributed by atoms with Crippen molar-refractivity contribution in [2.24, 2.45) is 11.8 Å². The number of thioether (sulfide) groups is 1. The van der Waals surface area contributed by atoms with Crippen LogP contribution in [0.2, 0.25) is 0 Å². The number of carbonyl (C=O) groups excluding carboxylic acids is 3. The number of amides is 3. The van der Waals surface area contributed by atoms with Crippen molar-refractivity contribution in [2.75, 3.05) is 20.6 Å². The largest absolute Gasteiger partial charge is 0.477 e. The van der Waals surface area contributed by atoms with E-state index in [9.17, 15) is 24.3 Å². The summed E-state index contributed by atoms with van der Waals surface area (Å²) in [5, 5.41) is 15.6. The summed E-state index contributed by atoms with van der Waals surface area (Å²) < 4.78 is 0. The number of carboxylic acids is 1. The van der Waals surface area contributed by atoms with E-state index < -0.39 is 11.9 Å². The Morgan fingerprint density at radius 2 is 2.11 bits per heavy atom. The minimum atomic E-state index is -1.12. The van der Waals surface area contributed by atoms with Crippen molar-refractivity contribution in [2.45, 2.75) is 43.6 Å². The van der Waals surface area contributed by atoms with Crippen molar-refractivity contribution >= 4 is 36.0 Å². The van der Waals surface area contributed by atoms with Gasteiger partial charge in [0, 0.05) is 42.8 Å². The molecule has 2 fully saturated rings. The minimum Gasteiger partial charge on any atom is -0.477 e. The topological polar surface area (TPSA) is 119 Å². The molecule has 0 aromatic rings. The quantitative estimate of drug-likeness (QED) is 0.380. The van der Waals surface area contributed by atoms with Crippen molar-refractivity contribution in [1.82, 2.24) is 20.4 Å². The van der Waals surface area contributed by atoms with Crippen molar-refractivity contribution in [3.63, 3.8) is 0 Å². The van der Waals surface area contributed by atoms with Crippen molar-refractivity contribution in [3.8, 4) is 0 Å². The van der Waals surface area contributed by atoms with Crippen LogP contribution in [-0.4, -0.2) is 83.1 Å². The standard InChI is InChI=1S/C18H26N4O5S/c1-8-13-12(9(2)20-7-23)17(25)22(13)14(18(26)27)15(8)28-10-5-11(19-6-10)16(24)21(3)4/h7-13,19H,5-6H2,1-4H3,(H,20,23)(H,26,27). The molecule has 0 bridgehead atoms. The number of likely N-dealkylation sites (N-methyl/N-ethyl adjacent to an activating group) is 1. The predicted molar refractivity (Wildman–Crippen MR) is 103 cm³/mol. The minimum absolute atomic E-state index is 0.00262. The number of rotatable bonds is 7. The summed E-state index contributed by atoms with van der Waals surface area (Å²) in [5.74, 6) is -1.96. The molecule has 0 aromatic heterocycles. The van der Waals surface area contributed by atoms with E-state index in [0.717, 1.165) is 0 Å². The molecule has 3 aliphatic heterocycles. The van der Waals surface area contributed by atoms with Gasteiger partial charge in [-0.05, 0) is 13.3 Å². The Labute approximate surface area is 167 Å². The second kappa shape index (κ2) is 7.75. The van der Waals surface area contributed by atoms with E-state index in [0.29, 0.717) is 24.3 Å². The second-order valence-corrected chi connectivity index (χ2v) is 9.12. The summed E-state index contributed by atoms with van der Waals surface area (Å²) in [6.07, 6.45) is 1.17. The molecule has 10 heteroatoms. The number of hydrogen-bond donors (Lipinski definition) is 3. The number of fused-ring (bicyclic) bond motifs is 1. The first-order valence-electron chi connectivity index (χ1n) is 9.30. The molecule has 3 rings (SSSR count). The van der Waals surface area contributed by atoms with Gasteiger partial charge in [0.15, 0.2) is 0 Å². The maximum atomic E-state index is 12.6. The smallest absolute Gasteiger partial charge is 0.353 e. The monoisotopic (exact) mass is 410 g/mol. The molecule has 0 aliphatic carbocycles. The molecular formula is C18H26N4O5S. The zero-order valence-corrected chi connectivity index (χ0v) is 17.2. The SMILES string of the molecule is CC(NC=O)C1C(=O)N2C(C(=O)O)=C(SC3CNC(C(=O)N(C)C)C3)C(C)C12. The van der Waals surface area contributed by atoms with Crippen LogP contribution in [0.4, 0.5) is 0 Å². The van der Waals surface area contributed by atoms with E-state index in [1.165, 1.54) is 16.7 Å². The average Bonchev–Trinajstić information content (AvgIpc) is 3.17. The third-order valence-corrected chi connectivity index (χ3v) is 7.30. The first kappa shape index (κ1) is 20.7. The molecule has 6 atom stereocenters. The molecule has 3 amide bonds. The van der Waals surface area contributed by atoms with Crippen molar-refractivity contribution in [3.05, 3.63) is 10.6 Å². The van der Waals surface area contributed by atoms with Crippen molar-refractivity contribution < 1.29 is 24.3 Å². The van der Waals surface area contributed by atoms with Crippen LogP contribution in [0.1, 0.15) is 20.3 Å². The fourth-order valence-electron chi connectivity index (χ4n) is 4.38. The Bertz CT molecular complexity index is 739. The van der Waals surface area contributed by atoms with Gasteiger partial charge in [0.1, 0.15) is 5.70 Å². The number of carbonyl (C=O) groups is 4. The molecule has 6 unspecified atom stereocenters. The molecule has 3 heterocycles. The van der Waals surface area contributed by atoms with Crippen LogP contribution in [-0.2, 0) is 19.2 Å². The van der Waals surface area contributed by atoms with Gasteiger partial charge < -0.3 is 25.5 Å². The average molecular weight is 410 g/mol. The first-order valence-corrected chi connectivity index (χ1v) is 10.2. The lowest BCUT2D eigenvalue weighted by molar-refractivity contribution is -0.158. The van der Waals surface area contributed by atoms with E-state index in [4.69, 9.17) is 0 Å². The van der Waals surface area contributed by atoms with E-state index in [1.807, 2.05) is 6.92 Å². The molecule has 3 aliphatic rings. The van der Waals surface area contributed by atoms with Gasteiger partial charge in [-0.2, -0.15) is 0 Å². The lowest BCUT2D eigenvalue weighted by atomic mass is 9.78.